The highest BCUT2D eigenvalue weighted by Gasteiger charge is 2.28. The molecular formula is C15H22N6O2. The summed E-state index contributed by atoms with van der Waals surface area (Å²) in [6, 6.07) is 1.51. The topological polar surface area (TPSA) is 89.1 Å². The summed E-state index contributed by atoms with van der Waals surface area (Å²) in [5, 5.41) is 10.7. The van der Waals surface area contributed by atoms with Gasteiger partial charge >= 0.3 is 0 Å². The van der Waals surface area contributed by atoms with E-state index in [-0.39, 0.29) is 11.9 Å². The lowest BCUT2D eigenvalue weighted by Crippen LogP contribution is -2.47. The van der Waals surface area contributed by atoms with Crippen molar-refractivity contribution in [3.05, 3.63) is 24.4 Å². The predicted molar refractivity (Wildman–Crippen MR) is 83.7 cm³/mol. The molecule has 3 heterocycles. The molecule has 2 aromatic heterocycles. The van der Waals surface area contributed by atoms with Crippen molar-refractivity contribution >= 4 is 11.8 Å². The van der Waals surface area contributed by atoms with E-state index < -0.39 is 0 Å². The van der Waals surface area contributed by atoms with Crippen molar-refractivity contribution in [2.45, 2.75) is 39.3 Å². The number of aryl methyl sites for hydroxylation is 1. The molecule has 0 saturated carbocycles. The second kappa shape index (κ2) is 6.91. The first-order valence-corrected chi connectivity index (χ1v) is 7.92. The molecule has 8 nitrogen and oxygen atoms in total. The molecule has 2 atom stereocenters. The Bertz CT molecular complexity index is 638. The van der Waals surface area contributed by atoms with E-state index in [4.69, 9.17) is 4.52 Å². The summed E-state index contributed by atoms with van der Waals surface area (Å²) in [7, 11) is 0. The molecule has 1 aliphatic heterocycles. The zero-order valence-electron chi connectivity index (χ0n) is 13.5. The van der Waals surface area contributed by atoms with Crippen molar-refractivity contribution in [1.82, 2.24) is 24.8 Å². The molecule has 1 N–H and O–H groups in total. The number of piperidine rings is 1. The summed E-state index contributed by atoms with van der Waals surface area (Å²) in [6.45, 7) is 6.40. The van der Waals surface area contributed by atoms with E-state index in [1.165, 1.54) is 0 Å². The number of nitrogens with zero attached hydrogens (tertiary/aromatic N) is 5. The van der Waals surface area contributed by atoms with Gasteiger partial charge < -0.3 is 4.52 Å². The van der Waals surface area contributed by atoms with Crippen molar-refractivity contribution in [3.8, 4) is 0 Å². The minimum absolute atomic E-state index is 0.0671. The van der Waals surface area contributed by atoms with Gasteiger partial charge in [-0.1, -0.05) is 5.16 Å². The predicted octanol–water partition coefficient (Wildman–Crippen LogP) is 1.31. The molecule has 8 heteroatoms. The van der Waals surface area contributed by atoms with Crippen LogP contribution in [0, 0.1) is 12.8 Å². The van der Waals surface area contributed by atoms with Gasteiger partial charge in [0, 0.05) is 19.2 Å². The first-order valence-electron chi connectivity index (χ1n) is 7.92. The van der Waals surface area contributed by atoms with Gasteiger partial charge in [0.1, 0.15) is 12.7 Å². The van der Waals surface area contributed by atoms with Gasteiger partial charge in [-0.15, -0.1) is 0 Å². The Morgan fingerprint density at radius 1 is 1.57 bits per heavy atom. The Balaban J connectivity index is 1.55. The third kappa shape index (κ3) is 3.95. The fraction of sp³-hybridized carbons (Fsp3) is 0.600. The molecule has 1 fully saturated rings. The maximum absolute atomic E-state index is 12.4. The van der Waals surface area contributed by atoms with Gasteiger partial charge in [-0.3, -0.25) is 19.7 Å². The van der Waals surface area contributed by atoms with E-state index in [0.717, 1.165) is 38.2 Å². The standard InChI is InChI=1S/C15H22N6O2/c1-11-6-14(23-19-11)18-15(22)12(2)20-5-3-4-13(7-20)8-21-10-16-9-17-21/h6,9-10,12-13H,3-5,7-8H2,1-2H3,(H,18,22). The molecule has 1 aliphatic rings. The van der Waals surface area contributed by atoms with E-state index in [1.807, 2.05) is 18.5 Å². The minimum atomic E-state index is -0.209. The van der Waals surface area contributed by atoms with Crippen LogP contribution < -0.4 is 5.32 Å². The fourth-order valence-corrected chi connectivity index (χ4v) is 3.00. The molecule has 124 valence electrons. The van der Waals surface area contributed by atoms with Gasteiger partial charge in [-0.2, -0.15) is 5.10 Å². The highest BCUT2D eigenvalue weighted by Crippen LogP contribution is 2.20. The number of amides is 1. The van der Waals surface area contributed by atoms with Crippen LogP contribution in [0.1, 0.15) is 25.5 Å². The van der Waals surface area contributed by atoms with Gasteiger partial charge in [0.05, 0.1) is 11.7 Å². The molecule has 0 spiro atoms. The van der Waals surface area contributed by atoms with Crippen LogP contribution >= 0.6 is 0 Å². The van der Waals surface area contributed by atoms with E-state index >= 15 is 0 Å². The zero-order chi connectivity index (χ0) is 16.2. The number of hydrogen-bond acceptors (Lipinski definition) is 6. The summed E-state index contributed by atoms with van der Waals surface area (Å²) < 4.78 is 6.90. The Labute approximate surface area is 134 Å². The maximum atomic E-state index is 12.4. The van der Waals surface area contributed by atoms with Gasteiger partial charge in [0.2, 0.25) is 11.8 Å². The van der Waals surface area contributed by atoms with Crippen LogP contribution in [-0.4, -0.2) is 49.9 Å². The SMILES string of the molecule is Cc1cc(NC(=O)C(C)N2CCCC(Cn3cncn3)C2)on1. The van der Waals surface area contributed by atoms with E-state index in [9.17, 15) is 4.79 Å². The normalized spacial score (nSPS) is 20.3. The summed E-state index contributed by atoms with van der Waals surface area (Å²) in [6.07, 6.45) is 5.52. The number of carbonyl (C=O) groups excluding carboxylic acids is 1. The smallest absolute Gasteiger partial charge is 0.243 e. The van der Waals surface area contributed by atoms with Gasteiger partial charge in [-0.25, -0.2) is 4.98 Å². The number of anilines is 1. The van der Waals surface area contributed by atoms with E-state index in [2.05, 4.69) is 25.5 Å². The largest absolute Gasteiger partial charge is 0.338 e. The summed E-state index contributed by atoms with van der Waals surface area (Å²) in [5.74, 6) is 0.811. The van der Waals surface area contributed by atoms with Crippen LogP contribution in [-0.2, 0) is 11.3 Å². The molecule has 23 heavy (non-hydrogen) atoms. The highest BCUT2D eigenvalue weighted by atomic mass is 16.5. The zero-order valence-corrected chi connectivity index (χ0v) is 13.5. The first-order chi connectivity index (χ1) is 11.1. The molecule has 3 rings (SSSR count). The highest BCUT2D eigenvalue weighted by molar-refractivity contribution is 5.93. The molecule has 0 bridgehead atoms. The number of nitrogens with one attached hydrogen (secondary N) is 1. The summed E-state index contributed by atoms with van der Waals surface area (Å²) in [5.41, 5.74) is 0.749. The van der Waals surface area contributed by atoms with Gasteiger partial charge in [-0.05, 0) is 39.2 Å². The monoisotopic (exact) mass is 318 g/mol. The number of rotatable bonds is 5. The Kier molecular flexibility index (Phi) is 4.71. The van der Waals surface area contributed by atoms with Crippen molar-refractivity contribution in [2.75, 3.05) is 18.4 Å². The van der Waals surface area contributed by atoms with Crippen molar-refractivity contribution in [1.29, 1.82) is 0 Å². The molecule has 2 unspecified atom stereocenters. The van der Waals surface area contributed by atoms with Crippen LogP contribution in [0.4, 0.5) is 5.88 Å². The van der Waals surface area contributed by atoms with Crippen molar-refractivity contribution < 1.29 is 9.32 Å². The van der Waals surface area contributed by atoms with E-state index in [1.54, 1.807) is 18.7 Å². The van der Waals surface area contributed by atoms with Crippen LogP contribution in [0.2, 0.25) is 0 Å². The Morgan fingerprint density at radius 2 is 2.43 bits per heavy atom. The molecule has 0 radical (unpaired) electrons. The van der Waals surface area contributed by atoms with Crippen LogP contribution in [0.25, 0.3) is 0 Å². The fourth-order valence-electron chi connectivity index (χ4n) is 3.00. The van der Waals surface area contributed by atoms with Crippen LogP contribution in [0.5, 0.6) is 0 Å². The minimum Gasteiger partial charge on any atom is -0.338 e. The molecule has 1 saturated heterocycles. The molecule has 1 amide bonds. The maximum Gasteiger partial charge on any atom is 0.243 e. The third-order valence-electron chi connectivity index (χ3n) is 4.26. The van der Waals surface area contributed by atoms with E-state index in [0.29, 0.717) is 11.8 Å². The van der Waals surface area contributed by atoms with Gasteiger partial charge in [0.15, 0.2) is 0 Å². The lowest BCUT2D eigenvalue weighted by atomic mass is 9.96. The van der Waals surface area contributed by atoms with Gasteiger partial charge in [0.25, 0.3) is 0 Å². The lowest BCUT2D eigenvalue weighted by Gasteiger charge is -2.35. The molecular weight excluding hydrogens is 296 g/mol. The Hall–Kier alpha value is -2.22. The number of carbonyl (C=O) groups is 1. The second-order valence-electron chi connectivity index (χ2n) is 6.12. The summed E-state index contributed by atoms with van der Waals surface area (Å²) >= 11 is 0. The second-order valence-corrected chi connectivity index (χ2v) is 6.12. The number of hydrogen-bond donors (Lipinski definition) is 1. The lowest BCUT2D eigenvalue weighted by molar-refractivity contribution is -0.121. The van der Waals surface area contributed by atoms with Crippen molar-refractivity contribution in [3.63, 3.8) is 0 Å². The molecule has 0 aliphatic carbocycles. The summed E-state index contributed by atoms with van der Waals surface area (Å²) in [4.78, 5) is 18.6. The average Bonchev–Trinajstić information content (AvgIpc) is 3.18. The number of aromatic nitrogens is 4. The molecule has 0 aromatic carbocycles. The quantitative estimate of drug-likeness (QED) is 0.894. The first kappa shape index (κ1) is 15.7. The third-order valence-corrected chi connectivity index (χ3v) is 4.26. The number of likely N-dealkylation sites (tertiary alicyclic amines) is 1. The van der Waals surface area contributed by atoms with Crippen LogP contribution in [0.15, 0.2) is 23.2 Å². The molecule has 2 aromatic rings. The Morgan fingerprint density at radius 3 is 3.13 bits per heavy atom. The van der Waals surface area contributed by atoms with Crippen LogP contribution in [0.3, 0.4) is 0 Å². The van der Waals surface area contributed by atoms with Crippen molar-refractivity contribution in [2.24, 2.45) is 5.92 Å². The average molecular weight is 318 g/mol.